The van der Waals surface area contributed by atoms with Crippen LogP contribution in [0.5, 0.6) is 0 Å². The number of carbonyl (C=O) groups is 1. The summed E-state index contributed by atoms with van der Waals surface area (Å²) >= 11 is 0. The number of hydrogen-bond acceptors (Lipinski definition) is 4. The molecule has 11 heavy (non-hydrogen) atoms. The van der Waals surface area contributed by atoms with Crippen molar-refractivity contribution in [2.24, 2.45) is 5.73 Å². The molecule has 1 rings (SSSR count). The molecule has 64 valence electrons. The van der Waals surface area contributed by atoms with Gasteiger partial charge in [0.05, 0.1) is 0 Å². The zero-order chi connectivity index (χ0) is 8.10. The molecule has 0 aliphatic carbocycles. The number of nitrogens with zero attached hydrogens (tertiary/aromatic N) is 1. The molecule has 0 unspecified atom stereocenters. The van der Waals surface area contributed by atoms with Crippen LogP contribution in [0.1, 0.15) is 0 Å². The first-order chi connectivity index (χ1) is 5.34. The van der Waals surface area contributed by atoms with Crippen molar-refractivity contribution in [3.05, 3.63) is 0 Å². The van der Waals surface area contributed by atoms with E-state index in [0.717, 1.165) is 13.1 Å². The number of rotatable bonds is 1. The lowest BCUT2D eigenvalue weighted by molar-refractivity contribution is 0.1000. The molecule has 0 aromatic carbocycles. The summed E-state index contributed by atoms with van der Waals surface area (Å²) in [7, 11) is 0. The van der Waals surface area contributed by atoms with Crippen LogP contribution in [-0.4, -0.2) is 43.9 Å². The Morgan fingerprint density at radius 2 is 2.18 bits per heavy atom. The largest absolute Gasteiger partial charge is 0.434 e. The predicted molar refractivity (Wildman–Crippen MR) is 40.0 cm³/mol. The molecule has 5 heteroatoms. The van der Waals surface area contributed by atoms with Crippen molar-refractivity contribution in [1.29, 1.82) is 0 Å². The zero-order valence-electron chi connectivity index (χ0n) is 6.38. The number of amides is 1. The van der Waals surface area contributed by atoms with E-state index < -0.39 is 0 Å². The van der Waals surface area contributed by atoms with Gasteiger partial charge in [-0.05, 0) is 0 Å². The summed E-state index contributed by atoms with van der Waals surface area (Å²) in [4.78, 5) is 12.6. The SMILES string of the molecule is NCOC(=O)N1CCNCC1. The van der Waals surface area contributed by atoms with Crippen molar-refractivity contribution in [2.75, 3.05) is 32.9 Å². The van der Waals surface area contributed by atoms with Gasteiger partial charge < -0.3 is 15.0 Å². The molecular formula is C6H13N3O2. The van der Waals surface area contributed by atoms with Crippen LogP contribution in [0.3, 0.4) is 0 Å². The number of nitrogens with one attached hydrogen (secondary N) is 1. The van der Waals surface area contributed by atoms with Gasteiger partial charge in [0, 0.05) is 26.2 Å². The van der Waals surface area contributed by atoms with Crippen LogP contribution in [0.2, 0.25) is 0 Å². The Labute approximate surface area is 65.5 Å². The Morgan fingerprint density at radius 3 is 2.73 bits per heavy atom. The number of piperazine rings is 1. The van der Waals surface area contributed by atoms with Gasteiger partial charge in [0.2, 0.25) is 0 Å². The molecule has 0 aromatic heterocycles. The predicted octanol–water partition coefficient (Wildman–Crippen LogP) is -1.06. The third kappa shape index (κ3) is 2.36. The third-order valence-electron chi connectivity index (χ3n) is 1.58. The second-order valence-electron chi connectivity index (χ2n) is 2.31. The first kappa shape index (κ1) is 8.29. The second-order valence-corrected chi connectivity index (χ2v) is 2.31. The van der Waals surface area contributed by atoms with Gasteiger partial charge in [-0.25, -0.2) is 4.79 Å². The Hall–Kier alpha value is -0.810. The Balaban J connectivity index is 2.27. The van der Waals surface area contributed by atoms with Gasteiger partial charge in [-0.1, -0.05) is 0 Å². The van der Waals surface area contributed by atoms with Crippen LogP contribution < -0.4 is 11.1 Å². The van der Waals surface area contributed by atoms with Crippen molar-refractivity contribution in [1.82, 2.24) is 10.2 Å². The maximum Gasteiger partial charge on any atom is 0.411 e. The highest BCUT2D eigenvalue weighted by molar-refractivity contribution is 5.67. The quantitative estimate of drug-likeness (QED) is 0.479. The van der Waals surface area contributed by atoms with Gasteiger partial charge in [0.1, 0.15) is 6.73 Å². The lowest BCUT2D eigenvalue weighted by Crippen LogP contribution is -2.46. The molecule has 1 heterocycles. The number of nitrogens with two attached hydrogens (primary N) is 1. The van der Waals surface area contributed by atoms with Crippen molar-refractivity contribution < 1.29 is 9.53 Å². The van der Waals surface area contributed by atoms with Crippen molar-refractivity contribution in [3.63, 3.8) is 0 Å². The molecule has 0 atom stereocenters. The van der Waals surface area contributed by atoms with E-state index in [1.807, 2.05) is 0 Å². The molecule has 1 aliphatic rings. The summed E-state index contributed by atoms with van der Waals surface area (Å²) in [5.74, 6) is 0. The summed E-state index contributed by atoms with van der Waals surface area (Å²) < 4.78 is 4.62. The lowest BCUT2D eigenvalue weighted by Gasteiger charge is -2.26. The maximum atomic E-state index is 11.0. The van der Waals surface area contributed by atoms with E-state index in [4.69, 9.17) is 5.73 Å². The van der Waals surface area contributed by atoms with E-state index >= 15 is 0 Å². The van der Waals surface area contributed by atoms with Gasteiger partial charge in [-0.3, -0.25) is 5.73 Å². The average molecular weight is 159 g/mol. The third-order valence-corrected chi connectivity index (χ3v) is 1.58. The summed E-state index contributed by atoms with van der Waals surface area (Å²) in [6, 6.07) is 0. The average Bonchev–Trinajstić information content (AvgIpc) is 2.07. The van der Waals surface area contributed by atoms with Crippen LogP contribution in [0, 0.1) is 0 Å². The molecular weight excluding hydrogens is 146 g/mol. The zero-order valence-corrected chi connectivity index (χ0v) is 6.38. The van der Waals surface area contributed by atoms with Crippen molar-refractivity contribution in [3.8, 4) is 0 Å². The fourth-order valence-electron chi connectivity index (χ4n) is 1.01. The molecule has 1 aliphatic heterocycles. The summed E-state index contributed by atoms with van der Waals surface area (Å²) in [6.07, 6.45) is -0.311. The minimum Gasteiger partial charge on any atom is -0.434 e. The lowest BCUT2D eigenvalue weighted by atomic mass is 10.4. The van der Waals surface area contributed by atoms with E-state index in [9.17, 15) is 4.79 Å². The fourth-order valence-corrected chi connectivity index (χ4v) is 1.01. The monoisotopic (exact) mass is 159 g/mol. The van der Waals surface area contributed by atoms with E-state index in [-0.39, 0.29) is 12.8 Å². The van der Waals surface area contributed by atoms with E-state index in [2.05, 4.69) is 10.1 Å². The van der Waals surface area contributed by atoms with Crippen molar-refractivity contribution >= 4 is 6.09 Å². The first-order valence-electron chi connectivity index (χ1n) is 3.67. The summed E-state index contributed by atoms with van der Waals surface area (Å²) in [5.41, 5.74) is 5.05. The highest BCUT2D eigenvalue weighted by Crippen LogP contribution is 1.94. The molecule has 1 amide bonds. The van der Waals surface area contributed by atoms with Crippen LogP contribution in [0.4, 0.5) is 4.79 Å². The van der Waals surface area contributed by atoms with Crippen LogP contribution in [0.25, 0.3) is 0 Å². The molecule has 0 bridgehead atoms. The van der Waals surface area contributed by atoms with E-state index in [0.29, 0.717) is 13.1 Å². The van der Waals surface area contributed by atoms with Crippen LogP contribution >= 0.6 is 0 Å². The fraction of sp³-hybridized carbons (Fsp3) is 0.833. The molecule has 3 N–H and O–H groups in total. The Morgan fingerprint density at radius 1 is 1.55 bits per heavy atom. The molecule has 0 saturated carbocycles. The molecule has 0 spiro atoms. The van der Waals surface area contributed by atoms with Gasteiger partial charge in [-0.2, -0.15) is 0 Å². The normalized spacial score (nSPS) is 18.1. The van der Waals surface area contributed by atoms with Gasteiger partial charge in [-0.15, -0.1) is 0 Å². The minimum atomic E-state index is -0.311. The van der Waals surface area contributed by atoms with Crippen LogP contribution in [-0.2, 0) is 4.74 Å². The van der Waals surface area contributed by atoms with Crippen LogP contribution in [0.15, 0.2) is 0 Å². The Bertz CT molecular complexity index is 134. The number of carbonyl (C=O) groups excluding carboxylic acids is 1. The van der Waals surface area contributed by atoms with E-state index in [1.54, 1.807) is 4.90 Å². The first-order valence-corrected chi connectivity index (χ1v) is 3.67. The molecule has 1 fully saturated rings. The van der Waals surface area contributed by atoms with E-state index in [1.165, 1.54) is 0 Å². The second kappa shape index (κ2) is 4.15. The minimum absolute atomic E-state index is 0.0389. The number of hydrogen-bond donors (Lipinski definition) is 2. The van der Waals surface area contributed by atoms with Gasteiger partial charge >= 0.3 is 6.09 Å². The molecule has 1 saturated heterocycles. The summed E-state index contributed by atoms with van der Waals surface area (Å²) in [6.45, 7) is 3.04. The van der Waals surface area contributed by atoms with Gasteiger partial charge in [0.25, 0.3) is 0 Å². The molecule has 5 nitrogen and oxygen atoms in total. The summed E-state index contributed by atoms with van der Waals surface area (Å²) in [5, 5.41) is 3.13. The topological polar surface area (TPSA) is 67.6 Å². The van der Waals surface area contributed by atoms with Crippen molar-refractivity contribution in [2.45, 2.75) is 0 Å². The Kier molecular flexibility index (Phi) is 3.13. The molecule has 0 radical (unpaired) electrons. The highest BCUT2D eigenvalue weighted by atomic mass is 16.6. The maximum absolute atomic E-state index is 11.0. The standard InChI is InChI=1S/C6H13N3O2/c7-5-11-6(10)9-3-1-8-2-4-9/h8H,1-5,7H2. The smallest absolute Gasteiger partial charge is 0.411 e. The highest BCUT2D eigenvalue weighted by Gasteiger charge is 2.16. The number of ether oxygens (including phenoxy) is 1. The van der Waals surface area contributed by atoms with Gasteiger partial charge in [0.15, 0.2) is 0 Å². The molecule has 0 aromatic rings.